The molecule has 0 saturated carbocycles. The van der Waals surface area contributed by atoms with Crippen LogP contribution in [0, 0.1) is 0 Å². The van der Waals surface area contributed by atoms with Crippen LogP contribution in [-0.2, 0) is 6.42 Å². The van der Waals surface area contributed by atoms with Crippen LogP contribution in [0.25, 0.3) is 22.0 Å². The molecule has 5 nitrogen and oxygen atoms in total. The summed E-state index contributed by atoms with van der Waals surface area (Å²) in [6.45, 7) is 0.379. The van der Waals surface area contributed by atoms with Gasteiger partial charge in [0.15, 0.2) is 0 Å². The average molecular weight is 398 g/mol. The Morgan fingerprint density at radius 2 is 1.67 bits per heavy atom. The number of ether oxygens (including phenoxy) is 1. The van der Waals surface area contributed by atoms with E-state index in [9.17, 15) is 9.59 Å². The van der Waals surface area contributed by atoms with Gasteiger partial charge >= 0.3 is 0 Å². The Hall–Kier alpha value is -3.86. The second kappa shape index (κ2) is 8.66. The van der Waals surface area contributed by atoms with Crippen molar-refractivity contribution in [2.75, 3.05) is 13.7 Å². The molecular weight excluding hydrogens is 376 g/mol. The number of nitrogens with one attached hydrogen (secondary N) is 2. The van der Waals surface area contributed by atoms with Crippen molar-refractivity contribution in [3.05, 3.63) is 100 Å². The number of methoxy groups -OCH3 is 1. The van der Waals surface area contributed by atoms with Crippen molar-refractivity contribution in [3.8, 4) is 16.9 Å². The van der Waals surface area contributed by atoms with Crippen LogP contribution >= 0.6 is 0 Å². The van der Waals surface area contributed by atoms with Gasteiger partial charge in [0.25, 0.3) is 11.5 Å². The third kappa shape index (κ3) is 4.25. The molecule has 0 radical (unpaired) electrons. The SMILES string of the molecule is COc1ccc2cc(CCNC(=O)c3ccc(-c4ccccc4)cc3)c(=O)[nH]c2c1. The van der Waals surface area contributed by atoms with Gasteiger partial charge in [-0.2, -0.15) is 0 Å². The van der Waals surface area contributed by atoms with Crippen LogP contribution in [-0.4, -0.2) is 24.5 Å². The highest BCUT2D eigenvalue weighted by Crippen LogP contribution is 2.20. The highest BCUT2D eigenvalue weighted by Gasteiger charge is 2.08. The third-order valence-electron chi connectivity index (χ3n) is 5.06. The van der Waals surface area contributed by atoms with E-state index < -0.39 is 0 Å². The molecule has 0 aliphatic heterocycles. The first-order chi connectivity index (χ1) is 14.6. The zero-order valence-corrected chi connectivity index (χ0v) is 16.6. The Morgan fingerprint density at radius 3 is 2.40 bits per heavy atom. The summed E-state index contributed by atoms with van der Waals surface area (Å²) in [6.07, 6.45) is 0.450. The van der Waals surface area contributed by atoms with Crippen molar-refractivity contribution in [1.82, 2.24) is 10.3 Å². The molecular formula is C25H22N2O3. The zero-order valence-electron chi connectivity index (χ0n) is 16.6. The summed E-state index contributed by atoms with van der Waals surface area (Å²) in [7, 11) is 1.59. The predicted molar refractivity (Wildman–Crippen MR) is 119 cm³/mol. The van der Waals surface area contributed by atoms with E-state index in [1.165, 1.54) is 0 Å². The fraction of sp³-hybridized carbons (Fsp3) is 0.120. The molecule has 1 amide bonds. The van der Waals surface area contributed by atoms with Crippen LogP contribution in [0.1, 0.15) is 15.9 Å². The molecule has 0 aliphatic carbocycles. The van der Waals surface area contributed by atoms with Gasteiger partial charge in [-0.15, -0.1) is 0 Å². The summed E-state index contributed by atoms with van der Waals surface area (Å²) in [6, 6.07) is 24.9. The number of hydrogen-bond donors (Lipinski definition) is 2. The minimum Gasteiger partial charge on any atom is -0.497 e. The molecule has 2 N–H and O–H groups in total. The quantitative estimate of drug-likeness (QED) is 0.512. The van der Waals surface area contributed by atoms with Gasteiger partial charge in [-0.05, 0) is 53.3 Å². The molecule has 0 bridgehead atoms. The fourth-order valence-electron chi connectivity index (χ4n) is 3.40. The Kier molecular flexibility index (Phi) is 5.61. The summed E-state index contributed by atoms with van der Waals surface area (Å²) in [4.78, 5) is 27.7. The van der Waals surface area contributed by atoms with Gasteiger partial charge in [-0.25, -0.2) is 0 Å². The molecule has 3 aromatic carbocycles. The molecule has 1 heterocycles. The lowest BCUT2D eigenvalue weighted by Gasteiger charge is -2.08. The lowest BCUT2D eigenvalue weighted by Crippen LogP contribution is -2.27. The molecule has 30 heavy (non-hydrogen) atoms. The number of hydrogen-bond acceptors (Lipinski definition) is 3. The molecule has 4 rings (SSSR count). The van der Waals surface area contributed by atoms with Crippen molar-refractivity contribution in [3.63, 3.8) is 0 Å². The molecule has 0 aliphatic rings. The maximum Gasteiger partial charge on any atom is 0.251 e. The molecule has 0 unspecified atom stereocenters. The predicted octanol–water partition coefficient (Wildman–Crippen LogP) is 4.18. The molecule has 0 saturated heterocycles. The molecule has 4 aromatic rings. The first-order valence-corrected chi connectivity index (χ1v) is 9.78. The second-order valence-electron chi connectivity index (χ2n) is 7.03. The van der Waals surface area contributed by atoms with Gasteiger partial charge in [-0.3, -0.25) is 9.59 Å². The van der Waals surface area contributed by atoms with Crippen molar-refractivity contribution < 1.29 is 9.53 Å². The normalized spacial score (nSPS) is 10.7. The third-order valence-corrected chi connectivity index (χ3v) is 5.06. The second-order valence-corrected chi connectivity index (χ2v) is 7.03. The zero-order chi connectivity index (χ0) is 20.9. The number of amides is 1. The van der Waals surface area contributed by atoms with E-state index in [4.69, 9.17) is 4.74 Å². The molecule has 5 heteroatoms. The largest absolute Gasteiger partial charge is 0.497 e. The number of aromatic amines is 1. The van der Waals surface area contributed by atoms with E-state index in [2.05, 4.69) is 10.3 Å². The van der Waals surface area contributed by atoms with E-state index >= 15 is 0 Å². The summed E-state index contributed by atoms with van der Waals surface area (Å²) in [5.74, 6) is 0.535. The topological polar surface area (TPSA) is 71.2 Å². The first-order valence-electron chi connectivity index (χ1n) is 9.78. The van der Waals surface area contributed by atoms with E-state index in [1.54, 1.807) is 13.2 Å². The number of fused-ring (bicyclic) bond motifs is 1. The van der Waals surface area contributed by atoms with Crippen LogP contribution < -0.4 is 15.6 Å². The monoisotopic (exact) mass is 398 g/mol. The van der Waals surface area contributed by atoms with Gasteiger partial charge in [0.2, 0.25) is 0 Å². The summed E-state index contributed by atoms with van der Waals surface area (Å²) in [5, 5.41) is 3.81. The van der Waals surface area contributed by atoms with Crippen molar-refractivity contribution in [2.24, 2.45) is 0 Å². The maximum absolute atomic E-state index is 12.4. The number of pyridine rings is 1. The van der Waals surface area contributed by atoms with Gasteiger partial charge in [-0.1, -0.05) is 42.5 Å². The number of carbonyl (C=O) groups excluding carboxylic acids is 1. The van der Waals surface area contributed by atoms with Gasteiger partial charge in [0.05, 0.1) is 12.6 Å². The molecule has 150 valence electrons. The Balaban J connectivity index is 1.40. The van der Waals surface area contributed by atoms with Crippen molar-refractivity contribution in [2.45, 2.75) is 6.42 Å². The summed E-state index contributed by atoms with van der Waals surface area (Å²) < 4.78 is 5.19. The Morgan fingerprint density at radius 1 is 0.933 bits per heavy atom. The lowest BCUT2D eigenvalue weighted by atomic mass is 10.0. The number of rotatable bonds is 6. The maximum atomic E-state index is 12.4. The van der Waals surface area contributed by atoms with Gasteiger partial charge < -0.3 is 15.0 Å². The standard InChI is InChI=1S/C25H22N2O3/c1-30-22-12-11-20-15-21(25(29)27-23(20)16-22)13-14-26-24(28)19-9-7-18(8-10-19)17-5-3-2-4-6-17/h2-12,15-16H,13-14H2,1H3,(H,26,28)(H,27,29). The highest BCUT2D eigenvalue weighted by atomic mass is 16.5. The Bertz CT molecular complexity index is 1230. The smallest absolute Gasteiger partial charge is 0.251 e. The van der Waals surface area contributed by atoms with E-state index in [-0.39, 0.29) is 11.5 Å². The first kappa shape index (κ1) is 19.5. The molecule has 0 atom stereocenters. The van der Waals surface area contributed by atoms with Crippen LogP contribution in [0.2, 0.25) is 0 Å². The van der Waals surface area contributed by atoms with Crippen LogP contribution in [0.5, 0.6) is 5.75 Å². The summed E-state index contributed by atoms with van der Waals surface area (Å²) >= 11 is 0. The minimum absolute atomic E-state index is 0.155. The number of benzene rings is 3. The van der Waals surface area contributed by atoms with Crippen molar-refractivity contribution >= 4 is 16.8 Å². The van der Waals surface area contributed by atoms with E-state index in [0.29, 0.717) is 29.8 Å². The van der Waals surface area contributed by atoms with Crippen LogP contribution in [0.15, 0.2) is 83.7 Å². The lowest BCUT2D eigenvalue weighted by molar-refractivity contribution is 0.0954. The van der Waals surface area contributed by atoms with Gasteiger partial charge in [0.1, 0.15) is 5.75 Å². The number of carbonyl (C=O) groups is 1. The fourth-order valence-corrected chi connectivity index (χ4v) is 3.40. The van der Waals surface area contributed by atoms with Crippen LogP contribution in [0.3, 0.4) is 0 Å². The Labute approximate surface area is 174 Å². The molecule has 0 spiro atoms. The number of aromatic nitrogens is 1. The van der Waals surface area contributed by atoms with E-state index in [0.717, 1.165) is 22.0 Å². The molecule has 1 aromatic heterocycles. The highest BCUT2D eigenvalue weighted by molar-refractivity contribution is 5.94. The average Bonchev–Trinajstić information content (AvgIpc) is 2.79. The van der Waals surface area contributed by atoms with Gasteiger partial charge in [0, 0.05) is 23.7 Å². The number of H-pyrrole nitrogens is 1. The van der Waals surface area contributed by atoms with E-state index in [1.807, 2.05) is 72.8 Å². The van der Waals surface area contributed by atoms with Crippen LogP contribution in [0.4, 0.5) is 0 Å². The summed E-state index contributed by atoms with van der Waals surface area (Å²) in [5.41, 5.74) is 3.97. The minimum atomic E-state index is -0.156. The molecule has 0 fully saturated rings. The van der Waals surface area contributed by atoms with Crippen molar-refractivity contribution in [1.29, 1.82) is 0 Å².